The van der Waals surface area contributed by atoms with E-state index in [4.69, 9.17) is 14.2 Å². The molecule has 268 valence electrons. The van der Waals surface area contributed by atoms with E-state index in [-0.39, 0.29) is 54.7 Å². The number of amides is 3. The van der Waals surface area contributed by atoms with Crippen LogP contribution in [0.15, 0.2) is 66.7 Å². The lowest BCUT2D eigenvalue weighted by molar-refractivity contribution is -0.154. The van der Waals surface area contributed by atoms with E-state index >= 15 is 0 Å². The fourth-order valence-corrected chi connectivity index (χ4v) is 13.1. The molecule has 11 nitrogen and oxygen atoms in total. The number of hydrogen-bond donors (Lipinski definition) is 1. The van der Waals surface area contributed by atoms with Crippen LogP contribution in [0.5, 0.6) is 5.75 Å². The van der Waals surface area contributed by atoms with E-state index in [2.05, 4.69) is 25.2 Å². The Labute approximate surface area is 299 Å². The van der Waals surface area contributed by atoms with Crippen LogP contribution in [0.25, 0.3) is 0 Å². The molecular weight excluding hydrogens is 667 g/mol. The highest BCUT2D eigenvalue weighted by atomic mass is 28.3. The molecule has 2 fully saturated rings. The van der Waals surface area contributed by atoms with Gasteiger partial charge in [0.15, 0.2) is 11.8 Å². The summed E-state index contributed by atoms with van der Waals surface area (Å²) in [6.07, 6.45) is -0.679. The Hall–Kier alpha value is -4.52. The number of benzene rings is 3. The highest BCUT2D eigenvalue weighted by Crippen LogP contribution is 2.60. The predicted octanol–water partition coefficient (Wildman–Crippen LogP) is 3.85. The van der Waals surface area contributed by atoms with Gasteiger partial charge in [0.2, 0.25) is 11.8 Å². The van der Waals surface area contributed by atoms with Crippen molar-refractivity contribution in [2.75, 3.05) is 30.6 Å². The summed E-state index contributed by atoms with van der Waals surface area (Å²) >= 11 is 0. The smallest absolute Gasteiger partial charge is 0.304 e. The molecule has 3 aromatic carbocycles. The third-order valence-electron chi connectivity index (χ3n) is 11.7. The Morgan fingerprint density at radius 1 is 1.02 bits per heavy atom. The summed E-state index contributed by atoms with van der Waals surface area (Å²) in [5.74, 6) is -0.662. The van der Waals surface area contributed by atoms with Crippen molar-refractivity contribution in [1.29, 1.82) is 0 Å². The largest absolute Gasteiger partial charge is 0.497 e. The van der Waals surface area contributed by atoms with Gasteiger partial charge in [-0.1, -0.05) is 61.6 Å². The minimum Gasteiger partial charge on any atom is -0.497 e. The highest BCUT2D eigenvalue weighted by Gasteiger charge is 2.66. The van der Waals surface area contributed by atoms with Crippen molar-refractivity contribution < 1.29 is 38.5 Å². The number of ether oxygens (including phenoxy) is 3. The standard InChI is InChI=1S/C39H45N3O8Si/c1-23-37(51(5,6)30-14-12-29(48-4)13-15-30)33(19-34(45)41-21-26-10-8-7-9-25(26)17-28(41)22-43)50-39(23)31-18-27(11-16-32(31)40(3)38(39)47)42-35(46)20-36(42)49-24(2)44/h7-16,18,23,28,33,36-37,43H,17,19-22H2,1-6H3/t23-,28+,33+,36?,37-,39+/m1/s1. The summed E-state index contributed by atoms with van der Waals surface area (Å²) in [6, 6.07) is 21.0. The molecule has 12 heteroatoms. The first-order valence-electron chi connectivity index (χ1n) is 17.5. The van der Waals surface area contributed by atoms with Crippen LogP contribution >= 0.6 is 0 Å². The van der Waals surface area contributed by atoms with Gasteiger partial charge in [-0.15, -0.1) is 0 Å². The third-order valence-corrected chi connectivity index (χ3v) is 16.1. The van der Waals surface area contributed by atoms with Crippen molar-refractivity contribution in [1.82, 2.24) is 4.90 Å². The maximum atomic E-state index is 14.6. The Bertz CT molecular complexity index is 1900. The first-order chi connectivity index (χ1) is 24.3. The van der Waals surface area contributed by atoms with Crippen LogP contribution in [-0.2, 0) is 47.2 Å². The lowest BCUT2D eigenvalue weighted by Crippen LogP contribution is -2.55. The molecule has 4 aliphatic heterocycles. The highest BCUT2D eigenvalue weighted by molar-refractivity contribution is 6.91. The molecule has 0 radical (unpaired) electrons. The number of likely N-dealkylation sites (N-methyl/N-ethyl adjacent to an activating group) is 1. The summed E-state index contributed by atoms with van der Waals surface area (Å²) in [5, 5.41) is 11.5. The van der Waals surface area contributed by atoms with E-state index in [0.717, 1.165) is 22.1 Å². The first kappa shape index (κ1) is 34.9. The molecule has 4 heterocycles. The fourth-order valence-electron chi connectivity index (χ4n) is 9.07. The van der Waals surface area contributed by atoms with E-state index < -0.39 is 32.0 Å². The number of β-lactam (4-membered cyclic amide) rings is 1. The number of esters is 1. The molecule has 0 aromatic heterocycles. The topological polar surface area (TPSA) is 126 Å². The summed E-state index contributed by atoms with van der Waals surface area (Å²) in [4.78, 5) is 58.5. The number of fused-ring (bicyclic) bond motifs is 3. The fraction of sp³-hybridized carbons (Fsp3) is 0.436. The van der Waals surface area contributed by atoms with Crippen LogP contribution in [0.4, 0.5) is 11.4 Å². The molecule has 0 saturated carbocycles. The Balaban J connectivity index is 1.30. The Kier molecular flexibility index (Phi) is 8.84. The van der Waals surface area contributed by atoms with E-state index in [0.29, 0.717) is 29.9 Å². The molecule has 2 saturated heterocycles. The molecule has 0 aliphatic carbocycles. The maximum absolute atomic E-state index is 14.6. The van der Waals surface area contributed by atoms with Crippen molar-refractivity contribution in [3.8, 4) is 5.75 Å². The third kappa shape index (κ3) is 5.55. The van der Waals surface area contributed by atoms with Crippen molar-refractivity contribution in [2.24, 2.45) is 5.92 Å². The van der Waals surface area contributed by atoms with Gasteiger partial charge in [0.1, 0.15) is 5.75 Å². The molecular formula is C39H45N3O8Si. The second kappa shape index (κ2) is 12.9. The number of hydrogen-bond acceptors (Lipinski definition) is 8. The van der Waals surface area contributed by atoms with Gasteiger partial charge in [0.25, 0.3) is 5.91 Å². The molecule has 6 atom stereocenters. The summed E-state index contributed by atoms with van der Waals surface area (Å²) in [5.41, 5.74) is 2.36. The van der Waals surface area contributed by atoms with Gasteiger partial charge in [0, 0.05) is 37.7 Å². The van der Waals surface area contributed by atoms with Crippen LogP contribution in [0.3, 0.4) is 0 Å². The number of anilines is 2. The number of methoxy groups -OCH3 is 1. The lowest BCUT2D eigenvalue weighted by Gasteiger charge is -2.39. The molecule has 3 amide bonds. The molecule has 3 aromatic rings. The zero-order valence-electron chi connectivity index (χ0n) is 29.9. The predicted molar refractivity (Wildman–Crippen MR) is 193 cm³/mol. The van der Waals surface area contributed by atoms with Crippen LogP contribution < -0.4 is 19.7 Å². The van der Waals surface area contributed by atoms with Gasteiger partial charge in [-0.25, -0.2) is 0 Å². The van der Waals surface area contributed by atoms with Gasteiger partial charge in [-0.05, 0) is 53.4 Å². The summed E-state index contributed by atoms with van der Waals surface area (Å²) in [7, 11) is 0.812. The van der Waals surface area contributed by atoms with Gasteiger partial charge >= 0.3 is 5.97 Å². The number of nitrogens with zero attached hydrogens (tertiary/aromatic N) is 3. The van der Waals surface area contributed by atoms with Crippen LogP contribution in [0, 0.1) is 5.92 Å². The number of aliphatic hydroxyl groups is 1. The number of rotatable bonds is 8. The first-order valence-corrected chi connectivity index (χ1v) is 20.6. The molecule has 51 heavy (non-hydrogen) atoms. The summed E-state index contributed by atoms with van der Waals surface area (Å²) < 4.78 is 18.0. The number of aliphatic hydroxyl groups excluding tert-OH is 1. The second-order valence-electron chi connectivity index (χ2n) is 14.8. The van der Waals surface area contributed by atoms with E-state index in [1.165, 1.54) is 11.8 Å². The maximum Gasteiger partial charge on any atom is 0.304 e. The van der Waals surface area contributed by atoms with Crippen molar-refractivity contribution in [3.63, 3.8) is 0 Å². The summed E-state index contributed by atoms with van der Waals surface area (Å²) in [6.45, 7) is 8.09. The number of carbonyl (C=O) groups excluding carboxylic acids is 4. The van der Waals surface area contributed by atoms with Gasteiger partial charge in [-0.3, -0.25) is 24.1 Å². The van der Waals surface area contributed by atoms with Crippen LogP contribution in [0.1, 0.15) is 43.4 Å². The minimum atomic E-state index is -2.54. The monoisotopic (exact) mass is 711 g/mol. The van der Waals surface area contributed by atoms with E-state index in [9.17, 15) is 24.3 Å². The van der Waals surface area contributed by atoms with Crippen molar-refractivity contribution in [3.05, 3.63) is 83.4 Å². The average molecular weight is 712 g/mol. The molecule has 1 unspecified atom stereocenters. The van der Waals surface area contributed by atoms with Crippen molar-refractivity contribution >= 4 is 48.3 Å². The Morgan fingerprint density at radius 2 is 1.73 bits per heavy atom. The molecule has 7 rings (SSSR count). The van der Waals surface area contributed by atoms with Gasteiger partial charge < -0.3 is 29.1 Å². The van der Waals surface area contributed by atoms with E-state index in [1.54, 1.807) is 36.1 Å². The van der Waals surface area contributed by atoms with Gasteiger partial charge in [-0.2, -0.15) is 0 Å². The quantitative estimate of drug-likeness (QED) is 0.212. The second-order valence-corrected chi connectivity index (χ2v) is 19.5. The van der Waals surface area contributed by atoms with E-state index in [1.807, 2.05) is 49.4 Å². The zero-order chi connectivity index (χ0) is 36.4. The number of carbonyl (C=O) groups is 4. The molecule has 4 aliphatic rings. The molecule has 0 bridgehead atoms. The minimum absolute atomic E-state index is 0.0349. The normalized spacial score (nSPS) is 27.0. The molecule has 1 N–H and O–H groups in total. The van der Waals surface area contributed by atoms with Crippen LogP contribution in [0.2, 0.25) is 18.6 Å². The van der Waals surface area contributed by atoms with Crippen LogP contribution in [-0.4, -0.2) is 80.9 Å². The van der Waals surface area contributed by atoms with Gasteiger partial charge in [0.05, 0.1) is 52.5 Å². The average Bonchev–Trinajstić information content (AvgIpc) is 3.52. The molecule has 1 spiro atoms. The zero-order valence-corrected chi connectivity index (χ0v) is 30.9. The van der Waals surface area contributed by atoms with Crippen molar-refractivity contribution in [2.45, 2.75) is 82.3 Å². The SMILES string of the molecule is COc1ccc([Si](C)(C)[C@H]2[C@H](CC(=O)N3Cc4ccccc4C[C@H]3CO)O[C@@]3(C(=O)N(C)c4ccc(N5C(=O)CC5OC(C)=O)cc43)[C@@H]2C)cc1. The Morgan fingerprint density at radius 3 is 2.37 bits per heavy atom. The lowest BCUT2D eigenvalue weighted by atomic mass is 9.82.